The summed E-state index contributed by atoms with van der Waals surface area (Å²) >= 11 is 0. The number of hydrogen-bond donors (Lipinski definition) is 0. The van der Waals surface area contributed by atoms with Crippen LogP contribution < -0.4 is 0 Å². The van der Waals surface area contributed by atoms with Crippen LogP contribution in [0.15, 0.2) is 42.7 Å². The van der Waals surface area contributed by atoms with E-state index >= 15 is 0 Å². The maximum Gasteiger partial charge on any atom is 0.0110 e. The third-order valence-electron chi connectivity index (χ3n) is 2.22. The van der Waals surface area contributed by atoms with Crippen molar-refractivity contribution >= 4 is 0 Å². The van der Waals surface area contributed by atoms with Crippen molar-refractivity contribution in [2.24, 2.45) is 7.05 Å². The molecule has 2 aromatic rings. The standard InChI is InChI=1S/C12H13N.C2H6/c1-10-3-5-11(6-4-10)12-7-8-13(2)9-12;1-2/h3-9H,1-2H3;1-2H3. The summed E-state index contributed by atoms with van der Waals surface area (Å²) in [5, 5.41) is 0. The Bertz CT molecular complexity index is 396. The van der Waals surface area contributed by atoms with Crippen molar-refractivity contribution in [1.29, 1.82) is 0 Å². The first-order valence-electron chi connectivity index (χ1n) is 5.45. The molecule has 80 valence electrons. The Morgan fingerprint density at radius 3 is 1.93 bits per heavy atom. The second-order valence-corrected chi connectivity index (χ2v) is 3.43. The summed E-state index contributed by atoms with van der Waals surface area (Å²) in [6.45, 7) is 6.11. The fraction of sp³-hybridized carbons (Fsp3) is 0.286. The maximum absolute atomic E-state index is 2.16. The Hall–Kier alpha value is -1.50. The fourth-order valence-corrected chi connectivity index (χ4v) is 1.42. The molecule has 15 heavy (non-hydrogen) atoms. The van der Waals surface area contributed by atoms with Crippen LogP contribution in [0.25, 0.3) is 11.1 Å². The molecule has 0 N–H and O–H groups in total. The molecular formula is C14H19N. The molecule has 1 aromatic heterocycles. The van der Waals surface area contributed by atoms with Crippen LogP contribution in [-0.2, 0) is 7.05 Å². The summed E-state index contributed by atoms with van der Waals surface area (Å²) in [6, 6.07) is 10.7. The highest BCUT2D eigenvalue weighted by molar-refractivity contribution is 5.62. The van der Waals surface area contributed by atoms with Gasteiger partial charge in [-0.2, -0.15) is 0 Å². The van der Waals surface area contributed by atoms with Crippen molar-refractivity contribution in [2.45, 2.75) is 20.8 Å². The third kappa shape index (κ3) is 2.98. The molecule has 2 rings (SSSR count). The van der Waals surface area contributed by atoms with Gasteiger partial charge in [-0.25, -0.2) is 0 Å². The normalized spacial score (nSPS) is 9.33. The smallest absolute Gasteiger partial charge is 0.0110 e. The van der Waals surface area contributed by atoms with E-state index in [1.807, 2.05) is 20.9 Å². The van der Waals surface area contributed by atoms with E-state index in [1.165, 1.54) is 16.7 Å². The molecule has 0 unspecified atom stereocenters. The van der Waals surface area contributed by atoms with Crippen LogP contribution in [0.4, 0.5) is 0 Å². The maximum atomic E-state index is 2.16. The molecule has 0 atom stereocenters. The summed E-state index contributed by atoms with van der Waals surface area (Å²) in [5.41, 5.74) is 3.87. The van der Waals surface area contributed by atoms with Crippen LogP contribution in [0.1, 0.15) is 19.4 Å². The summed E-state index contributed by atoms with van der Waals surface area (Å²) in [7, 11) is 2.04. The zero-order chi connectivity index (χ0) is 11.3. The van der Waals surface area contributed by atoms with Gasteiger partial charge in [-0.15, -0.1) is 0 Å². The second kappa shape index (κ2) is 5.40. The predicted octanol–water partition coefficient (Wildman–Crippen LogP) is 4.03. The minimum atomic E-state index is 1.28. The Morgan fingerprint density at radius 2 is 1.47 bits per heavy atom. The highest BCUT2D eigenvalue weighted by atomic mass is 14.9. The molecule has 1 heterocycles. The Labute approximate surface area is 92.4 Å². The molecule has 0 amide bonds. The molecule has 0 fully saturated rings. The molecule has 0 saturated heterocycles. The minimum absolute atomic E-state index is 1.28. The molecule has 0 aliphatic rings. The molecule has 1 aromatic carbocycles. The zero-order valence-corrected chi connectivity index (χ0v) is 9.99. The first-order chi connectivity index (χ1) is 7.25. The lowest BCUT2D eigenvalue weighted by molar-refractivity contribution is 0.928. The number of benzene rings is 1. The summed E-state index contributed by atoms with van der Waals surface area (Å²) < 4.78 is 2.06. The van der Waals surface area contributed by atoms with Crippen molar-refractivity contribution < 1.29 is 0 Å². The molecule has 0 bridgehead atoms. The third-order valence-corrected chi connectivity index (χ3v) is 2.22. The lowest BCUT2D eigenvalue weighted by atomic mass is 10.1. The molecule has 0 radical (unpaired) electrons. The van der Waals surface area contributed by atoms with Crippen LogP contribution in [0.2, 0.25) is 0 Å². The van der Waals surface area contributed by atoms with E-state index in [0.29, 0.717) is 0 Å². The predicted molar refractivity (Wildman–Crippen MR) is 66.9 cm³/mol. The van der Waals surface area contributed by atoms with Crippen LogP contribution in [0, 0.1) is 6.92 Å². The van der Waals surface area contributed by atoms with Gasteiger partial charge in [-0.05, 0) is 24.1 Å². The van der Waals surface area contributed by atoms with Gasteiger partial charge in [0.15, 0.2) is 0 Å². The van der Waals surface area contributed by atoms with Crippen molar-refractivity contribution in [3.63, 3.8) is 0 Å². The number of aryl methyl sites for hydroxylation is 2. The Morgan fingerprint density at radius 1 is 0.867 bits per heavy atom. The van der Waals surface area contributed by atoms with Gasteiger partial charge in [0, 0.05) is 19.4 Å². The number of aromatic nitrogens is 1. The second-order valence-electron chi connectivity index (χ2n) is 3.43. The van der Waals surface area contributed by atoms with Gasteiger partial charge in [0.1, 0.15) is 0 Å². The average molecular weight is 201 g/mol. The first-order valence-corrected chi connectivity index (χ1v) is 5.45. The van der Waals surface area contributed by atoms with Gasteiger partial charge in [0.2, 0.25) is 0 Å². The number of rotatable bonds is 1. The van der Waals surface area contributed by atoms with Crippen molar-refractivity contribution in [1.82, 2.24) is 4.57 Å². The molecule has 1 nitrogen and oxygen atoms in total. The van der Waals surface area contributed by atoms with E-state index in [2.05, 4.69) is 54.2 Å². The SMILES string of the molecule is CC.Cc1ccc(-c2ccn(C)c2)cc1. The van der Waals surface area contributed by atoms with Gasteiger partial charge in [0.25, 0.3) is 0 Å². The van der Waals surface area contributed by atoms with Gasteiger partial charge in [-0.1, -0.05) is 43.7 Å². The van der Waals surface area contributed by atoms with E-state index in [1.54, 1.807) is 0 Å². The molecule has 0 spiro atoms. The Balaban J connectivity index is 0.000000531. The summed E-state index contributed by atoms with van der Waals surface area (Å²) in [5.74, 6) is 0. The van der Waals surface area contributed by atoms with Crippen molar-refractivity contribution in [3.05, 3.63) is 48.3 Å². The topological polar surface area (TPSA) is 4.93 Å². The van der Waals surface area contributed by atoms with Crippen molar-refractivity contribution in [3.8, 4) is 11.1 Å². The monoisotopic (exact) mass is 201 g/mol. The van der Waals surface area contributed by atoms with Gasteiger partial charge in [0.05, 0.1) is 0 Å². The highest BCUT2D eigenvalue weighted by Crippen LogP contribution is 2.19. The van der Waals surface area contributed by atoms with E-state index in [-0.39, 0.29) is 0 Å². The summed E-state index contributed by atoms with van der Waals surface area (Å²) in [6.07, 6.45) is 4.19. The lowest BCUT2D eigenvalue weighted by Gasteiger charge is -1.97. The Kier molecular flexibility index (Phi) is 4.17. The quantitative estimate of drug-likeness (QED) is 0.656. The highest BCUT2D eigenvalue weighted by Gasteiger charge is 1.97. The van der Waals surface area contributed by atoms with E-state index < -0.39 is 0 Å². The minimum Gasteiger partial charge on any atom is -0.357 e. The van der Waals surface area contributed by atoms with E-state index in [9.17, 15) is 0 Å². The first kappa shape index (κ1) is 11.6. The van der Waals surface area contributed by atoms with Crippen LogP contribution in [-0.4, -0.2) is 4.57 Å². The van der Waals surface area contributed by atoms with E-state index in [0.717, 1.165) is 0 Å². The fourth-order valence-electron chi connectivity index (χ4n) is 1.42. The number of hydrogen-bond acceptors (Lipinski definition) is 0. The van der Waals surface area contributed by atoms with Gasteiger partial charge in [-0.3, -0.25) is 0 Å². The number of nitrogens with zero attached hydrogens (tertiary/aromatic N) is 1. The zero-order valence-electron chi connectivity index (χ0n) is 9.99. The lowest BCUT2D eigenvalue weighted by Crippen LogP contribution is -1.78. The van der Waals surface area contributed by atoms with Crippen LogP contribution in [0.3, 0.4) is 0 Å². The van der Waals surface area contributed by atoms with Crippen LogP contribution >= 0.6 is 0 Å². The van der Waals surface area contributed by atoms with Gasteiger partial charge < -0.3 is 4.57 Å². The molecular weight excluding hydrogens is 182 g/mol. The molecule has 0 saturated carbocycles. The van der Waals surface area contributed by atoms with Gasteiger partial charge >= 0.3 is 0 Å². The average Bonchev–Trinajstić information content (AvgIpc) is 2.69. The van der Waals surface area contributed by atoms with Crippen molar-refractivity contribution in [2.75, 3.05) is 0 Å². The van der Waals surface area contributed by atoms with Crippen LogP contribution in [0.5, 0.6) is 0 Å². The largest absolute Gasteiger partial charge is 0.357 e. The molecule has 0 aliphatic heterocycles. The molecule has 1 heteroatoms. The summed E-state index contributed by atoms with van der Waals surface area (Å²) in [4.78, 5) is 0. The molecule has 0 aliphatic carbocycles. The van der Waals surface area contributed by atoms with E-state index in [4.69, 9.17) is 0 Å².